The van der Waals surface area contributed by atoms with Crippen molar-refractivity contribution in [2.24, 2.45) is 0 Å². The van der Waals surface area contributed by atoms with Crippen molar-refractivity contribution in [1.82, 2.24) is 0 Å². The molecule has 0 bridgehead atoms. The van der Waals surface area contributed by atoms with Crippen LogP contribution in [0.25, 0.3) is 0 Å². The van der Waals surface area contributed by atoms with E-state index in [0.29, 0.717) is 16.9 Å². The molecule has 0 aliphatic rings. The molecule has 6 heteroatoms. The van der Waals surface area contributed by atoms with Gasteiger partial charge in [-0.05, 0) is 18.2 Å². The second-order valence-corrected chi connectivity index (χ2v) is 4.34. The topological polar surface area (TPSA) is 76.2 Å². The molecule has 5 nitrogen and oxygen atoms in total. The summed E-state index contributed by atoms with van der Waals surface area (Å²) in [6.07, 6.45) is 0. The summed E-state index contributed by atoms with van der Waals surface area (Å²) in [6.45, 7) is 0.0549. The molecule has 20 heavy (non-hydrogen) atoms. The van der Waals surface area contributed by atoms with Gasteiger partial charge in [0.05, 0.1) is 21.1 Å². The maximum atomic E-state index is 10.9. The van der Waals surface area contributed by atoms with Crippen LogP contribution in [0.15, 0.2) is 42.5 Å². The fourth-order valence-corrected chi connectivity index (χ4v) is 1.86. The van der Waals surface area contributed by atoms with Crippen LogP contribution in [0.1, 0.15) is 11.1 Å². The molecular formula is C14H9ClN2O3. The van der Waals surface area contributed by atoms with Crippen LogP contribution in [0.3, 0.4) is 0 Å². The van der Waals surface area contributed by atoms with E-state index < -0.39 is 4.92 Å². The van der Waals surface area contributed by atoms with Crippen molar-refractivity contribution in [3.05, 3.63) is 68.7 Å². The fraction of sp³-hybridized carbons (Fsp3) is 0.0714. The first-order chi connectivity index (χ1) is 9.61. The number of nitrogens with zero attached hydrogens (tertiary/aromatic N) is 2. The van der Waals surface area contributed by atoms with Gasteiger partial charge in [0, 0.05) is 12.1 Å². The number of hydrogen-bond acceptors (Lipinski definition) is 4. The lowest BCUT2D eigenvalue weighted by Crippen LogP contribution is -2.00. The van der Waals surface area contributed by atoms with Gasteiger partial charge in [-0.15, -0.1) is 0 Å². The van der Waals surface area contributed by atoms with Gasteiger partial charge < -0.3 is 4.74 Å². The molecule has 0 aliphatic carbocycles. The highest BCUT2D eigenvalue weighted by Gasteiger charge is 2.12. The molecule has 0 unspecified atom stereocenters. The third-order valence-corrected chi connectivity index (χ3v) is 2.96. The van der Waals surface area contributed by atoms with Crippen LogP contribution >= 0.6 is 11.6 Å². The van der Waals surface area contributed by atoms with Gasteiger partial charge in [-0.3, -0.25) is 10.1 Å². The summed E-state index contributed by atoms with van der Waals surface area (Å²) in [7, 11) is 0. The van der Waals surface area contributed by atoms with E-state index in [1.807, 2.05) is 6.07 Å². The Morgan fingerprint density at radius 1 is 1.30 bits per heavy atom. The van der Waals surface area contributed by atoms with Gasteiger partial charge in [0.15, 0.2) is 0 Å². The molecular weight excluding hydrogens is 280 g/mol. The molecule has 0 N–H and O–H groups in total. The zero-order valence-electron chi connectivity index (χ0n) is 10.2. The zero-order valence-corrected chi connectivity index (χ0v) is 11.0. The molecule has 0 aliphatic heterocycles. The van der Waals surface area contributed by atoms with E-state index in [-0.39, 0.29) is 17.3 Å². The van der Waals surface area contributed by atoms with Gasteiger partial charge >= 0.3 is 0 Å². The molecule has 2 aromatic rings. The molecule has 0 amide bonds. The van der Waals surface area contributed by atoms with E-state index in [2.05, 4.69) is 0 Å². The Hall–Kier alpha value is -2.58. The number of ether oxygens (including phenoxy) is 1. The molecule has 2 rings (SSSR count). The van der Waals surface area contributed by atoms with Crippen LogP contribution in [0.2, 0.25) is 5.02 Å². The minimum Gasteiger partial charge on any atom is -0.489 e. The Kier molecular flexibility index (Phi) is 4.18. The van der Waals surface area contributed by atoms with Gasteiger partial charge in [0.25, 0.3) is 5.69 Å². The van der Waals surface area contributed by atoms with Gasteiger partial charge in [-0.25, -0.2) is 0 Å². The third kappa shape index (κ3) is 3.05. The Balaban J connectivity index is 2.15. The summed E-state index contributed by atoms with van der Waals surface area (Å²) in [4.78, 5) is 10.4. The second-order valence-electron chi connectivity index (χ2n) is 3.93. The van der Waals surface area contributed by atoms with E-state index in [1.54, 1.807) is 24.3 Å². The number of benzene rings is 2. The van der Waals surface area contributed by atoms with Crippen molar-refractivity contribution in [1.29, 1.82) is 5.26 Å². The number of nitro benzene ring substituents is 1. The molecule has 0 fully saturated rings. The highest BCUT2D eigenvalue weighted by Crippen LogP contribution is 2.24. The average molecular weight is 289 g/mol. The largest absolute Gasteiger partial charge is 0.489 e. The first-order valence-corrected chi connectivity index (χ1v) is 6.04. The predicted molar refractivity (Wildman–Crippen MR) is 73.6 cm³/mol. The molecule has 0 atom stereocenters. The van der Waals surface area contributed by atoms with E-state index in [4.69, 9.17) is 21.6 Å². The zero-order chi connectivity index (χ0) is 14.5. The SMILES string of the molecule is N#Cc1ccc(OCc2ccccc2[N+](=O)[O-])cc1Cl. The number of halogens is 1. The first-order valence-electron chi connectivity index (χ1n) is 5.66. The van der Waals surface area contributed by atoms with Crippen LogP contribution < -0.4 is 4.74 Å². The lowest BCUT2D eigenvalue weighted by atomic mass is 10.2. The van der Waals surface area contributed by atoms with Crippen LogP contribution in [0.5, 0.6) is 5.75 Å². The highest BCUT2D eigenvalue weighted by molar-refractivity contribution is 6.31. The van der Waals surface area contributed by atoms with E-state index in [0.717, 1.165) is 0 Å². The second kappa shape index (κ2) is 6.04. The van der Waals surface area contributed by atoms with E-state index in [9.17, 15) is 10.1 Å². The molecule has 0 saturated carbocycles. The Bertz CT molecular complexity index is 695. The number of rotatable bonds is 4. The minimum atomic E-state index is -0.454. The minimum absolute atomic E-state index is 0.00671. The summed E-state index contributed by atoms with van der Waals surface area (Å²) < 4.78 is 5.46. The van der Waals surface area contributed by atoms with Crippen LogP contribution in [0, 0.1) is 21.4 Å². The first kappa shape index (κ1) is 13.8. The smallest absolute Gasteiger partial charge is 0.276 e. The summed E-state index contributed by atoms with van der Waals surface area (Å²) in [5, 5.41) is 19.9. The maximum absolute atomic E-state index is 10.9. The fourth-order valence-electron chi connectivity index (χ4n) is 1.65. The Labute approximate surface area is 120 Å². The number of para-hydroxylation sites is 1. The summed E-state index contributed by atoms with van der Waals surface area (Å²) in [5.41, 5.74) is 0.829. The monoisotopic (exact) mass is 288 g/mol. The lowest BCUT2D eigenvalue weighted by molar-refractivity contribution is -0.385. The normalized spacial score (nSPS) is 9.80. The van der Waals surface area contributed by atoms with Crippen molar-refractivity contribution >= 4 is 17.3 Å². The summed E-state index contributed by atoms with van der Waals surface area (Å²) in [6, 6.07) is 12.9. The standard InChI is InChI=1S/C14H9ClN2O3/c15-13-7-12(6-5-10(13)8-16)20-9-11-3-1-2-4-14(11)17(18)19/h1-7H,9H2. The van der Waals surface area contributed by atoms with E-state index >= 15 is 0 Å². The molecule has 0 radical (unpaired) electrons. The third-order valence-electron chi connectivity index (χ3n) is 2.64. The predicted octanol–water partition coefficient (Wildman–Crippen LogP) is 3.70. The van der Waals surface area contributed by atoms with Gasteiger partial charge in [-0.2, -0.15) is 5.26 Å². The van der Waals surface area contributed by atoms with Crippen molar-refractivity contribution in [3.63, 3.8) is 0 Å². The molecule has 0 spiro atoms. The summed E-state index contributed by atoms with van der Waals surface area (Å²) in [5.74, 6) is 0.451. The van der Waals surface area contributed by atoms with Crippen LogP contribution in [0.4, 0.5) is 5.69 Å². The van der Waals surface area contributed by atoms with Crippen molar-refractivity contribution in [3.8, 4) is 11.8 Å². The average Bonchev–Trinajstić information content (AvgIpc) is 2.45. The van der Waals surface area contributed by atoms with Gasteiger partial charge in [0.1, 0.15) is 18.4 Å². The van der Waals surface area contributed by atoms with Crippen molar-refractivity contribution in [2.45, 2.75) is 6.61 Å². The van der Waals surface area contributed by atoms with Crippen molar-refractivity contribution in [2.75, 3.05) is 0 Å². The molecule has 2 aromatic carbocycles. The molecule has 100 valence electrons. The summed E-state index contributed by atoms with van der Waals surface area (Å²) >= 11 is 5.88. The van der Waals surface area contributed by atoms with Gasteiger partial charge in [0.2, 0.25) is 0 Å². The highest BCUT2D eigenvalue weighted by atomic mass is 35.5. The Morgan fingerprint density at radius 3 is 2.70 bits per heavy atom. The van der Waals surface area contributed by atoms with E-state index in [1.165, 1.54) is 18.2 Å². The Morgan fingerprint density at radius 2 is 2.05 bits per heavy atom. The van der Waals surface area contributed by atoms with Crippen LogP contribution in [-0.2, 0) is 6.61 Å². The number of hydrogen-bond donors (Lipinski definition) is 0. The molecule has 0 heterocycles. The maximum Gasteiger partial charge on any atom is 0.276 e. The van der Waals surface area contributed by atoms with Crippen LogP contribution in [-0.4, -0.2) is 4.92 Å². The molecule has 0 aromatic heterocycles. The number of nitriles is 1. The lowest BCUT2D eigenvalue weighted by Gasteiger charge is -2.07. The molecule has 0 saturated heterocycles. The number of nitro groups is 1. The van der Waals surface area contributed by atoms with Gasteiger partial charge in [-0.1, -0.05) is 23.7 Å². The quantitative estimate of drug-likeness (QED) is 0.635. The van der Waals surface area contributed by atoms with Crippen molar-refractivity contribution < 1.29 is 9.66 Å².